The number of esters is 1. The van der Waals surface area contributed by atoms with Crippen molar-refractivity contribution < 1.29 is 14.6 Å². The standard InChI is InChI=1S/C13H19NO3/c1-10(14)7-8-12(15)13(16)17-9-11-5-3-2-4-6-11/h2-6,10,12,15H,7-9,14H2,1H3/t10?,12-/m0/s1. The van der Waals surface area contributed by atoms with Crippen LogP contribution < -0.4 is 5.73 Å². The molecule has 0 amide bonds. The first-order chi connectivity index (χ1) is 8.09. The van der Waals surface area contributed by atoms with Crippen molar-refractivity contribution in [1.82, 2.24) is 0 Å². The number of benzene rings is 1. The summed E-state index contributed by atoms with van der Waals surface area (Å²) in [5.41, 5.74) is 6.45. The maximum atomic E-state index is 11.4. The molecule has 1 rings (SSSR count). The van der Waals surface area contributed by atoms with Gasteiger partial charge >= 0.3 is 5.97 Å². The van der Waals surface area contributed by atoms with Gasteiger partial charge in [0.25, 0.3) is 0 Å². The number of aliphatic hydroxyl groups excluding tert-OH is 1. The molecule has 0 spiro atoms. The van der Waals surface area contributed by atoms with Crippen molar-refractivity contribution in [3.63, 3.8) is 0 Å². The zero-order valence-corrected chi connectivity index (χ0v) is 10.0. The number of hydrogen-bond donors (Lipinski definition) is 2. The van der Waals surface area contributed by atoms with E-state index in [2.05, 4.69) is 0 Å². The molecular weight excluding hydrogens is 218 g/mol. The van der Waals surface area contributed by atoms with E-state index < -0.39 is 12.1 Å². The molecule has 94 valence electrons. The molecule has 4 heteroatoms. The number of ether oxygens (including phenoxy) is 1. The molecule has 1 unspecified atom stereocenters. The maximum Gasteiger partial charge on any atom is 0.335 e. The minimum atomic E-state index is -1.08. The molecule has 0 aliphatic carbocycles. The van der Waals surface area contributed by atoms with Crippen LogP contribution in [0.3, 0.4) is 0 Å². The monoisotopic (exact) mass is 237 g/mol. The molecule has 0 saturated carbocycles. The minimum Gasteiger partial charge on any atom is -0.459 e. The fourth-order valence-corrected chi connectivity index (χ4v) is 1.36. The molecule has 0 aliphatic heterocycles. The van der Waals surface area contributed by atoms with Crippen molar-refractivity contribution in [2.75, 3.05) is 0 Å². The molecule has 2 atom stereocenters. The van der Waals surface area contributed by atoms with Crippen LogP contribution in [0.1, 0.15) is 25.3 Å². The Labute approximate surface area is 101 Å². The number of nitrogens with two attached hydrogens (primary N) is 1. The number of aliphatic hydroxyl groups is 1. The zero-order chi connectivity index (χ0) is 12.7. The highest BCUT2D eigenvalue weighted by atomic mass is 16.5. The summed E-state index contributed by atoms with van der Waals surface area (Å²) < 4.78 is 4.99. The molecule has 0 aromatic heterocycles. The van der Waals surface area contributed by atoms with Gasteiger partial charge in [-0.1, -0.05) is 30.3 Å². The third-order valence-electron chi connectivity index (χ3n) is 2.39. The van der Waals surface area contributed by atoms with Crippen LogP contribution in [-0.2, 0) is 16.1 Å². The van der Waals surface area contributed by atoms with Gasteiger partial charge in [0.2, 0.25) is 0 Å². The summed E-state index contributed by atoms with van der Waals surface area (Å²) in [6, 6.07) is 9.34. The maximum absolute atomic E-state index is 11.4. The van der Waals surface area contributed by atoms with Crippen molar-refractivity contribution in [2.45, 2.75) is 38.5 Å². The van der Waals surface area contributed by atoms with Crippen molar-refractivity contribution in [1.29, 1.82) is 0 Å². The summed E-state index contributed by atoms with van der Waals surface area (Å²) in [4.78, 5) is 11.4. The Kier molecular flexibility index (Phi) is 5.66. The third-order valence-corrected chi connectivity index (χ3v) is 2.39. The summed E-state index contributed by atoms with van der Waals surface area (Å²) in [7, 11) is 0. The fraction of sp³-hybridized carbons (Fsp3) is 0.462. The van der Waals surface area contributed by atoms with Crippen LogP contribution in [0, 0.1) is 0 Å². The summed E-state index contributed by atoms with van der Waals surface area (Å²) in [6.45, 7) is 2.02. The number of carbonyl (C=O) groups excluding carboxylic acids is 1. The molecule has 0 radical (unpaired) electrons. The van der Waals surface area contributed by atoms with E-state index in [1.54, 1.807) is 0 Å². The van der Waals surface area contributed by atoms with E-state index >= 15 is 0 Å². The number of carbonyl (C=O) groups is 1. The Balaban J connectivity index is 2.29. The summed E-state index contributed by atoms with van der Waals surface area (Å²) in [5, 5.41) is 9.51. The third kappa shape index (κ3) is 5.47. The van der Waals surface area contributed by atoms with Crippen molar-refractivity contribution in [2.24, 2.45) is 5.73 Å². The molecule has 0 bridgehead atoms. The molecule has 3 N–H and O–H groups in total. The molecule has 4 nitrogen and oxygen atoms in total. The lowest BCUT2D eigenvalue weighted by molar-refractivity contribution is -0.155. The van der Waals surface area contributed by atoms with E-state index in [1.165, 1.54) is 0 Å². The van der Waals surface area contributed by atoms with Gasteiger partial charge < -0.3 is 15.6 Å². The van der Waals surface area contributed by atoms with Crippen LogP contribution in [0.5, 0.6) is 0 Å². The van der Waals surface area contributed by atoms with Gasteiger partial charge in [0, 0.05) is 6.04 Å². The Bertz CT molecular complexity index is 338. The molecule has 0 saturated heterocycles. The van der Waals surface area contributed by atoms with Gasteiger partial charge in [-0.3, -0.25) is 0 Å². The van der Waals surface area contributed by atoms with Crippen LogP contribution >= 0.6 is 0 Å². The fourth-order valence-electron chi connectivity index (χ4n) is 1.36. The number of hydrogen-bond acceptors (Lipinski definition) is 4. The summed E-state index contributed by atoms with van der Waals surface area (Å²) in [6.07, 6.45) is -0.142. The highest BCUT2D eigenvalue weighted by molar-refractivity contribution is 5.74. The predicted molar refractivity (Wildman–Crippen MR) is 65.1 cm³/mol. The van der Waals surface area contributed by atoms with Gasteiger partial charge in [0.1, 0.15) is 6.61 Å². The van der Waals surface area contributed by atoms with Gasteiger partial charge in [-0.05, 0) is 25.3 Å². The largest absolute Gasteiger partial charge is 0.459 e. The first-order valence-electron chi connectivity index (χ1n) is 5.74. The van der Waals surface area contributed by atoms with E-state index in [-0.39, 0.29) is 12.6 Å². The minimum absolute atomic E-state index is 0.0217. The second-order valence-corrected chi connectivity index (χ2v) is 4.16. The molecule has 0 fully saturated rings. The van der Waals surface area contributed by atoms with E-state index in [9.17, 15) is 9.90 Å². The van der Waals surface area contributed by atoms with Crippen LogP contribution in [0.15, 0.2) is 30.3 Å². The first kappa shape index (κ1) is 13.7. The average Bonchev–Trinajstić information content (AvgIpc) is 2.34. The molecule has 0 aliphatic rings. The van der Waals surface area contributed by atoms with Crippen LogP contribution in [0.4, 0.5) is 0 Å². The highest BCUT2D eigenvalue weighted by Crippen LogP contribution is 2.05. The Morgan fingerprint density at radius 1 is 1.35 bits per heavy atom. The van der Waals surface area contributed by atoms with Crippen LogP contribution in [0.25, 0.3) is 0 Å². The van der Waals surface area contributed by atoms with Crippen molar-refractivity contribution >= 4 is 5.97 Å². The Morgan fingerprint density at radius 3 is 2.59 bits per heavy atom. The summed E-state index contributed by atoms with van der Waals surface area (Å²) >= 11 is 0. The quantitative estimate of drug-likeness (QED) is 0.730. The molecule has 1 aromatic rings. The van der Waals surface area contributed by atoms with Crippen LogP contribution in [-0.4, -0.2) is 23.2 Å². The van der Waals surface area contributed by atoms with Crippen LogP contribution in [0.2, 0.25) is 0 Å². The summed E-state index contributed by atoms with van der Waals surface area (Å²) in [5.74, 6) is -0.588. The highest BCUT2D eigenvalue weighted by Gasteiger charge is 2.16. The molecule has 1 aromatic carbocycles. The molecule has 0 heterocycles. The smallest absolute Gasteiger partial charge is 0.335 e. The molecular formula is C13H19NO3. The SMILES string of the molecule is CC(N)CC[C@H](O)C(=O)OCc1ccccc1. The molecule has 17 heavy (non-hydrogen) atoms. The van der Waals surface area contributed by atoms with E-state index in [0.29, 0.717) is 12.8 Å². The normalized spacial score (nSPS) is 14.1. The number of rotatable bonds is 6. The van der Waals surface area contributed by atoms with E-state index in [4.69, 9.17) is 10.5 Å². The van der Waals surface area contributed by atoms with E-state index in [0.717, 1.165) is 5.56 Å². The lowest BCUT2D eigenvalue weighted by Gasteiger charge is -2.11. The Hall–Kier alpha value is -1.39. The lowest BCUT2D eigenvalue weighted by Crippen LogP contribution is -2.26. The van der Waals surface area contributed by atoms with Gasteiger partial charge in [0.05, 0.1) is 0 Å². The second kappa shape index (κ2) is 7.04. The average molecular weight is 237 g/mol. The van der Waals surface area contributed by atoms with Crippen molar-refractivity contribution in [3.05, 3.63) is 35.9 Å². The zero-order valence-electron chi connectivity index (χ0n) is 10.0. The van der Waals surface area contributed by atoms with Crippen molar-refractivity contribution in [3.8, 4) is 0 Å². The van der Waals surface area contributed by atoms with Gasteiger partial charge in [-0.2, -0.15) is 0 Å². The van der Waals surface area contributed by atoms with Gasteiger partial charge in [-0.25, -0.2) is 4.79 Å². The second-order valence-electron chi connectivity index (χ2n) is 4.16. The topological polar surface area (TPSA) is 72.5 Å². The first-order valence-corrected chi connectivity index (χ1v) is 5.74. The van der Waals surface area contributed by atoms with E-state index in [1.807, 2.05) is 37.3 Å². The predicted octanol–water partition coefficient (Wildman–Crippen LogP) is 1.22. The lowest BCUT2D eigenvalue weighted by atomic mass is 10.1. The Morgan fingerprint density at radius 2 is 2.00 bits per heavy atom. The van der Waals surface area contributed by atoms with Gasteiger partial charge in [0.15, 0.2) is 6.10 Å². The van der Waals surface area contributed by atoms with Gasteiger partial charge in [-0.15, -0.1) is 0 Å².